The monoisotopic (exact) mass is 242 g/mol. The minimum absolute atomic E-state index is 0.185. The maximum Gasteiger partial charge on any atom is 0.0758 e. The standard InChI is InChI=1S/C11H12Cl2N2/c1-2-3-4-5-10(14)11-9(13)6-8(12)7-15-11/h6-7,10H,4-5,14H2,1H3. The lowest BCUT2D eigenvalue weighted by Crippen LogP contribution is -2.12. The lowest BCUT2D eigenvalue weighted by atomic mass is 10.1. The number of halogens is 2. The molecule has 1 atom stereocenters. The van der Waals surface area contributed by atoms with Crippen LogP contribution in [0.25, 0.3) is 0 Å². The predicted molar refractivity (Wildman–Crippen MR) is 63.9 cm³/mol. The maximum absolute atomic E-state index is 5.97. The number of pyridine rings is 1. The van der Waals surface area contributed by atoms with E-state index in [1.165, 1.54) is 0 Å². The fourth-order valence-electron chi connectivity index (χ4n) is 1.19. The van der Waals surface area contributed by atoms with E-state index in [0.717, 1.165) is 12.8 Å². The van der Waals surface area contributed by atoms with Crippen LogP contribution >= 0.6 is 23.2 Å². The average molecular weight is 243 g/mol. The predicted octanol–water partition coefficient (Wildman–Crippen LogP) is 3.19. The zero-order chi connectivity index (χ0) is 11.3. The molecule has 1 unspecified atom stereocenters. The first-order valence-electron chi connectivity index (χ1n) is 4.61. The Labute approximate surface area is 99.8 Å². The van der Waals surface area contributed by atoms with Gasteiger partial charge in [-0.3, -0.25) is 4.98 Å². The molecule has 0 bridgehead atoms. The molecule has 0 aliphatic heterocycles. The minimum Gasteiger partial charge on any atom is -0.323 e. The molecule has 1 aromatic heterocycles. The summed E-state index contributed by atoms with van der Waals surface area (Å²) in [6.07, 6.45) is 3.04. The summed E-state index contributed by atoms with van der Waals surface area (Å²) in [7, 11) is 0. The second kappa shape index (κ2) is 5.97. The Morgan fingerprint density at radius 1 is 1.53 bits per heavy atom. The van der Waals surface area contributed by atoms with E-state index in [2.05, 4.69) is 16.8 Å². The van der Waals surface area contributed by atoms with E-state index in [4.69, 9.17) is 28.9 Å². The molecule has 80 valence electrons. The Kier molecular flexibility index (Phi) is 4.90. The number of hydrogen-bond acceptors (Lipinski definition) is 2. The Hall–Kier alpha value is -0.750. The third-order valence-corrected chi connectivity index (χ3v) is 2.45. The molecule has 0 aliphatic carbocycles. The Morgan fingerprint density at radius 3 is 2.87 bits per heavy atom. The zero-order valence-electron chi connectivity index (χ0n) is 8.43. The van der Waals surface area contributed by atoms with Crippen LogP contribution in [0, 0.1) is 11.8 Å². The van der Waals surface area contributed by atoms with E-state index in [1.807, 2.05) is 0 Å². The van der Waals surface area contributed by atoms with Crippen molar-refractivity contribution in [2.75, 3.05) is 0 Å². The number of rotatable bonds is 3. The molecule has 1 rings (SSSR count). The Morgan fingerprint density at radius 2 is 2.27 bits per heavy atom. The molecular weight excluding hydrogens is 231 g/mol. The van der Waals surface area contributed by atoms with E-state index >= 15 is 0 Å². The molecule has 2 N–H and O–H groups in total. The number of nitrogens with two attached hydrogens (primary N) is 1. The molecule has 1 heterocycles. The lowest BCUT2D eigenvalue weighted by molar-refractivity contribution is 0.648. The summed E-state index contributed by atoms with van der Waals surface area (Å²) in [6.45, 7) is 1.80. The van der Waals surface area contributed by atoms with E-state index in [9.17, 15) is 0 Å². The van der Waals surface area contributed by atoms with Gasteiger partial charge in [0.1, 0.15) is 0 Å². The van der Waals surface area contributed by atoms with Crippen molar-refractivity contribution in [1.29, 1.82) is 0 Å². The third kappa shape index (κ3) is 3.71. The largest absolute Gasteiger partial charge is 0.323 e. The molecule has 1 aromatic rings. The van der Waals surface area contributed by atoms with Gasteiger partial charge in [0.2, 0.25) is 0 Å². The van der Waals surface area contributed by atoms with E-state index in [-0.39, 0.29) is 6.04 Å². The molecule has 0 fully saturated rings. The van der Waals surface area contributed by atoms with Crippen molar-refractivity contribution in [3.8, 4) is 11.8 Å². The van der Waals surface area contributed by atoms with Crippen molar-refractivity contribution in [3.05, 3.63) is 28.0 Å². The highest BCUT2D eigenvalue weighted by atomic mass is 35.5. The Bertz CT molecular complexity index is 393. The van der Waals surface area contributed by atoms with Gasteiger partial charge < -0.3 is 5.73 Å². The van der Waals surface area contributed by atoms with Gasteiger partial charge in [0.15, 0.2) is 0 Å². The van der Waals surface area contributed by atoms with Crippen molar-refractivity contribution in [1.82, 2.24) is 4.98 Å². The fraction of sp³-hybridized carbons (Fsp3) is 0.364. The summed E-state index contributed by atoms with van der Waals surface area (Å²) >= 11 is 11.7. The molecule has 2 nitrogen and oxygen atoms in total. The molecular formula is C11H12Cl2N2. The van der Waals surface area contributed by atoms with Crippen molar-refractivity contribution in [3.63, 3.8) is 0 Å². The maximum atomic E-state index is 5.97. The van der Waals surface area contributed by atoms with Crippen molar-refractivity contribution < 1.29 is 0 Å². The van der Waals surface area contributed by atoms with Crippen LogP contribution in [-0.4, -0.2) is 4.98 Å². The molecule has 0 saturated carbocycles. The smallest absolute Gasteiger partial charge is 0.0758 e. The van der Waals surface area contributed by atoms with Gasteiger partial charge >= 0.3 is 0 Å². The second-order valence-electron chi connectivity index (χ2n) is 3.09. The fourth-order valence-corrected chi connectivity index (χ4v) is 1.71. The van der Waals surface area contributed by atoms with E-state index < -0.39 is 0 Å². The van der Waals surface area contributed by atoms with Gasteiger partial charge in [-0.2, -0.15) is 0 Å². The van der Waals surface area contributed by atoms with Crippen LogP contribution < -0.4 is 5.73 Å². The molecule has 0 saturated heterocycles. The van der Waals surface area contributed by atoms with Crippen LogP contribution in [0.4, 0.5) is 0 Å². The van der Waals surface area contributed by atoms with Gasteiger partial charge in [0.25, 0.3) is 0 Å². The van der Waals surface area contributed by atoms with Gasteiger partial charge in [0, 0.05) is 18.7 Å². The first kappa shape index (κ1) is 12.3. The van der Waals surface area contributed by atoms with Crippen LogP contribution in [0.5, 0.6) is 0 Å². The topological polar surface area (TPSA) is 38.9 Å². The van der Waals surface area contributed by atoms with Crippen LogP contribution in [0.1, 0.15) is 31.5 Å². The van der Waals surface area contributed by atoms with Gasteiger partial charge in [-0.1, -0.05) is 23.2 Å². The lowest BCUT2D eigenvalue weighted by Gasteiger charge is -2.10. The summed E-state index contributed by atoms with van der Waals surface area (Å²) in [5.74, 6) is 5.77. The summed E-state index contributed by atoms with van der Waals surface area (Å²) in [4.78, 5) is 4.12. The van der Waals surface area contributed by atoms with Crippen molar-refractivity contribution >= 4 is 23.2 Å². The van der Waals surface area contributed by atoms with Gasteiger partial charge in [0.05, 0.1) is 15.7 Å². The van der Waals surface area contributed by atoms with Gasteiger partial charge in [-0.05, 0) is 19.4 Å². The quantitative estimate of drug-likeness (QED) is 0.828. The van der Waals surface area contributed by atoms with Crippen LogP contribution in [-0.2, 0) is 0 Å². The first-order valence-corrected chi connectivity index (χ1v) is 5.37. The number of nitrogens with zero attached hydrogens (tertiary/aromatic N) is 1. The van der Waals surface area contributed by atoms with Crippen LogP contribution in [0.15, 0.2) is 12.3 Å². The third-order valence-electron chi connectivity index (χ3n) is 1.94. The van der Waals surface area contributed by atoms with Crippen molar-refractivity contribution in [2.24, 2.45) is 5.73 Å². The van der Waals surface area contributed by atoms with Gasteiger partial charge in [-0.25, -0.2) is 0 Å². The molecule has 0 radical (unpaired) electrons. The summed E-state index contributed by atoms with van der Waals surface area (Å²) in [6, 6.07) is 1.46. The Balaban J connectivity index is 2.71. The average Bonchev–Trinajstić information content (AvgIpc) is 2.17. The SMILES string of the molecule is CC#CCCC(N)c1ncc(Cl)cc1Cl. The van der Waals surface area contributed by atoms with E-state index in [0.29, 0.717) is 15.7 Å². The summed E-state index contributed by atoms with van der Waals surface area (Å²) < 4.78 is 0. The summed E-state index contributed by atoms with van der Waals surface area (Å²) in [5, 5.41) is 1.03. The molecule has 0 amide bonds. The van der Waals surface area contributed by atoms with Crippen LogP contribution in [0.3, 0.4) is 0 Å². The first-order chi connectivity index (χ1) is 7.15. The van der Waals surface area contributed by atoms with Gasteiger partial charge in [-0.15, -0.1) is 11.8 Å². The molecule has 0 spiro atoms. The molecule has 4 heteroatoms. The van der Waals surface area contributed by atoms with E-state index in [1.54, 1.807) is 19.2 Å². The molecule has 0 aromatic carbocycles. The minimum atomic E-state index is -0.185. The highest BCUT2D eigenvalue weighted by Gasteiger charge is 2.11. The highest BCUT2D eigenvalue weighted by molar-refractivity contribution is 6.34. The summed E-state index contributed by atoms with van der Waals surface area (Å²) in [5.41, 5.74) is 6.61. The number of hydrogen-bond donors (Lipinski definition) is 1. The second-order valence-corrected chi connectivity index (χ2v) is 3.94. The van der Waals surface area contributed by atoms with Crippen molar-refractivity contribution in [2.45, 2.75) is 25.8 Å². The van der Waals surface area contributed by atoms with Crippen LogP contribution in [0.2, 0.25) is 10.0 Å². The highest BCUT2D eigenvalue weighted by Crippen LogP contribution is 2.24. The molecule has 0 aliphatic rings. The zero-order valence-corrected chi connectivity index (χ0v) is 9.94. The number of aromatic nitrogens is 1. The molecule has 15 heavy (non-hydrogen) atoms. The normalized spacial score (nSPS) is 11.7.